The Hall–Kier alpha value is -3.22. The van der Waals surface area contributed by atoms with Crippen LogP contribution in [0.15, 0.2) is 36.4 Å². The first-order valence-corrected chi connectivity index (χ1v) is 10.7. The molecule has 172 valence electrons. The summed E-state index contributed by atoms with van der Waals surface area (Å²) in [4.78, 5) is 28.7. The molecule has 1 aliphatic rings. The van der Waals surface area contributed by atoms with E-state index in [0.29, 0.717) is 35.9 Å². The fraction of sp³-hybridized carbons (Fsp3) is 0.440. The highest BCUT2D eigenvalue weighted by Crippen LogP contribution is 2.36. The van der Waals surface area contributed by atoms with Crippen LogP contribution in [-0.2, 0) is 21.4 Å². The zero-order valence-electron chi connectivity index (χ0n) is 19.7. The van der Waals surface area contributed by atoms with E-state index in [1.54, 1.807) is 26.2 Å². The first-order chi connectivity index (χ1) is 15.1. The number of likely N-dealkylation sites (N-methyl/N-ethyl adjacent to an activating group) is 1. The predicted molar refractivity (Wildman–Crippen MR) is 124 cm³/mol. The number of hydrogen-bond donors (Lipinski definition) is 0. The maximum Gasteiger partial charge on any atom is 0.265 e. The molecule has 1 heterocycles. The van der Waals surface area contributed by atoms with Crippen molar-refractivity contribution >= 4 is 17.5 Å². The average molecular weight is 441 g/mol. The van der Waals surface area contributed by atoms with Crippen molar-refractivity contribution in [2.45, 2.75) is 32.6 Å². The number of methoxy groups -OCH3 is 2. The zero-order valence-corrected chi connectivity index (χ0v) is 19.7. The summed E-state index contributed by atoms with van der Waals surface area (Å²) in [5.74, 6) is 1.60. The highest BCUT2D eigenvalue weighted by Gasteiger charge is 2.29. The molecule has 2 amide bonds. The molecule has 0 atom stereocenters. The molecule has 32 heavy (non-hydrogen) atoms. The maximum absolute atomic E-state index is 12.9. The number of hydrogen-bond acceptors (Lipinski definition) is 5. The number of amides is 2. The van der Waals surface area contributed by atoms with Crippen LogP contribution in [0, 0.1) is 0 Å². The van der Waals surface area contributed by atoms with Gasteiger partial charge in [-0.15, -0.1) is 0 Å². The van der Waals surface area contributed by atoms with Gasteiger partial charge >= 0.3 is 0 Å². The van der Waals surface area contributed by atoms with Gasteiger partial charge in [0.15, 0.2) is 18.1 Å². The summed E-state index contributed by atoms with van der Waals surface area (Å²) in [6.45, 7) is 6.75. The van der Waals surface area contributed by atoms with E-state index in [-0.39, 0.29) is 30.4 Å². The summed E-state index contributed by atoms with van der Waals surface area (Å²) < 4.78 is 16.2. The Morgan fingerprint density at radius 2 is 1.81 bits per heavy atom. The number of carbonyl (C=O) groups is 2. The van der Waals surface area contributed by atoms with Crippen molar-refractivity contribution < 1.29 is 23.8 Å². The molecule has 0 spiro atoms. The fourth-order valence-corrected chi connectivity index (χ4v) is 3.56. The number of ether oxygens (including phenoxy) is 3. The average Bonchev–Trinajstić information content (AvgIpc) is 2.77. The third-order valence-corrected chi connectivity index (χ3v) is 5.67. The van der Waals surface area contributed by atoms with Crippen molar-refractivity contribution in [3.63, 3.8) is 0 Å². The van der Waals surface area contributed by atoms with Crippen LogP contribution >= 0.6 is 0 Å². The van der Waals surface area contributed by atoms with Gasteiger partial charge in [-0.2, -0.15) is 0 Å². The van der Waals surface area contributed by atoms with Crippen molar-refractivity contribution in [3.8, 4) is 17.2 Å². The number of fused-ring (bicyclic) bond motifs is 1. The van der Waals surface area contributed by atoms with Gasteiger partial charge in [0.1, 0.15) is 12.3 Å². The largest absolute Gasteiger partial charge is 0.493 e. The Balaban J connectivity index is 1.69. The minimum atomic E-state index is -0.217. The molecule has 3 rings (SSSR count). The summed E-state index contributed by atoms with van der Waals surface area (Å²) in [6.07, 6.45) is 0.657. The zero-order chi connectivity index (χ0) is 23.5. The highest BCUT2D eigenvalue weighted by molar-refractivity contribution is 6.02. The Morgan fingerprint density at radius 1 is 1.09 bits per heavy atom. The number of nitrogens with zero attached hydrogens (tertiary/aromatic N) is 2. The van der Waals surface area contributed by atoms with Crippen LogP contribution in [0.3, 0.4) is 0 Å². The van der Waals surface area contributed by atoms with Crippen LogP contribution in [0.4, 0.5) is 5.69 Å². The van der Waals surface area contributed by atoms with Crippen molar-refractivity contribution in [3.05, 3.63) is 47.5 Å². The molecule has 0 fully saturated rings. The quantitative estimate of drug-likeness (QED) is 0.660. The van der Waals surface area contributed by atoms with Gasteiger partial charge in [-0.25, -0.2) is 0 Å². The maximum atomic E-state index is 12.9. The molecular weight excluding hydrogens is 408 g/mol. The Labute approximate surface area is 189 Å². The molecule has 2 aromatic carbocycles. The number of anilines is 1. The molecule has 0 aromatic heterocycles. The van der Waals surface area contributed by atoms with Gasteiger partial charge < -0.3 is 19.1 Å². The van der Waals surface area contributed by atoms with Gasteiger partial charge in [0.2, 0.25) is 5.91 Å². The van der Waals surface area contributed by atoms with Crippen LogP contribution in [-0.4, -0.2) is 57.7 Å². The fourth-order valence-electron chi connectivity index (χ4n) is 3.56. The van der Waals surface area contributed by atoms with Gasteiger partial charge in [-0.1, -0.05) is 32.9 Å². The second-order valence-electron chi connectivity index (χ2n) is 8.96. The topological polar surface area (TPSA) is 68.3 Å². The third-order valence-electron chi connectivity index (χ3n) is 5.67. The lowest BCUT2D eigenvalue weighted by Crippen LogP contribution is -2.46. The molecule has 0 bridgehead atoms. The van der Waals surface area contributed by atoms with E-state index in [0.717, 1.165) is 11.1 Å². The smallest absolute Gasteiger partial charge is 0.265 e. The molecule has 0 saturated heterocycles. The second-order valence-corrected chi connectivity index (χ2v) is 8.96. The molecule has 0 saturated carbocycles. The molecule has 0 radical (unpaired) electrons. The first-order valence-electron chi connectivity index (χ1n) is 10.7. The molecular formula is C25H32N2O5. The Morgan fingerprint density at radius 3 is 2.47 bits per heavy atom. The predicted octanol–water partition coefficient (Wildman–Crippen LogP) is 3.43. The van der Waals surface area contributed by atoms with Crippen LogP contribution in [0.5, 0.6) is 17.2 Å². The minimum absolute atomic E-state index is 0.0226. The Bertz CT molecular complexity index is 996. The summed E-state index contributed by atoms with van der Waals surface area (Å²) in [5.41, 5.74) is 2.68. The second kappa shape index (κ2) is 9.51. The minimum Gasteiger partial charge on any atom is -0.493 e. The standard InChI is InChI=1S/C25H32N2O5/c1-25(2,3)18-8-10-20-19(14-18)27(24(29)16-32-20)15-23(28)26(4)12-11-17-7-9-21(30-5)22(13-17)31-6/h7-10,13-14H,11-12,15-16H2,1-6H3. The SMILES string of the molecule is COc1ccc(CCN(C)C(=O)CN2C(=O)COc3ccc(C(C)(C)C)cc32)cc1OC. The van der Waals surface area contributed by atoms with E-state index in [9.17, 15) is 9.59 Å². The van der Waals surface area contributed by atoms with E-state index >= 15 is 0 Å². The van der Waals surface area contributed by atoms with Crippen molar-refractivity contribution in [1.82, 2.24) is 4.90 Å². The number of carbonyl (C=O) groups excluding carboxylic acids is 2. The normalized spacial score (nSPS) is 13.3. The summed E-state index contributed by atoms with van der Waals surface area (Å²) in [7, 11) is 4.94. The Kier molecular flexibility index (Phi) is 6.96. The monoisotopic (exact) mass is 440 g/mol. The third kappa shape index (κ3) is 5.15. The lowest BCUT2D eigenvalue weighted by molar-refractivity contribution is -0.130. The number of rotatable bonds is 7. The van der Waals surface area contributed by atoms with Crippen molar-refractivity contribution in [2.24, 2.45) is 0 Å². The summed E-state index contributed by atoms with van der Waals surface area (Å²) >= 11 is 0. The lowest BCUT2D eigenvalue weighted by atomic mass is 9.86. The summed E-state index contributed by atoms with van der Waals surface area (Å²) in [5, 5.41) is 0. The van der Waals surface area contributed by atoms with Gasteiger partial charge in [-0.05, 0) is 47.2 Å². The van der Waals surface area contributed by atoms with E-state index in [1.807, 2.05) is 36.4 Å². The van der Waals surface area contributed by atoms with Gasteiger partial charge in [0, 0.05) is 13.6 Å². The van der Waals surface area contributed by atoms with Crippen molar-refractivity contribution in [2.75, 3.05) is 45.9 Å². The number of benzene rings is 2. The first kappa shape index (κ1) is 23.4. The molecule has 7 heteroatoms. The van der Waals surface area contributed by atoms with E-state index < -0.39 is 0 Å². The van der Waals surface area contributed by atoms with E-state index in [4.69, 9.17) is 14.2 Å². The molecule has 0 aliphatic carbocycles. The van der Waals surface area contributed by atoms with E-state index in [2.05, 4.69) is 20.8 Å². The van der Waals surface area contributed by atoms with Crippen LogP contribution in [0.2, 0.25) is 0 Å². The molecule has 0 N–H and O–H groups in total. The van der Waals surface area contributed by atoms with Crippen LogP contribution in [0.25, 0.3) is 0 Å². The molecule has 0 unspecified atom stereocenters. The van der Waals surface area contributed by atoms with Gasteiger partial charge in [0.25, 0.3) is 5.91 Å². The lowest BCUT2D eigenvalue weighted by Gasteiger charge is -2.32. The van der Waals surface area contributed by atoms with E-state index in [1.165, 1.54) is 4.90 Å². The van der Waals surface area contributed by atoms with Crippen LogP contribution < -0.4 is 19.1 Å². The van der Waals surface area contributed by atoms with Gasteiger partial charge in [-0.3, -0.25) is 14.5 Å². The van der Waals surface area contributed by atoms with Crippen LogP contribution in [0.1, 0.15) is 31.9 Å². The molecule has 1 aliphatic heterocycles. The highest BCUT2D eigenvalue weighted by atomic mass is 16.5. The molecule has 2 aromatic rings. The summed E-state index contributed by atoms with van der Waals surface area (Å²) in [6, 6.07) is 11.5. The van der Waals surface area contributed by atoms with Crippen molar-refractivity contribution in [1.29, 1.82) is 0 Å². The molecule has 7 nitrogen and oxygen atoms in total. The van der Waals surface area contributed by atoms with Gasteiger partial charge in [0.05, 0.1) is 19.9 Å².